The maximum absolute atomic E-state index is 11.6. The Morgan fingerprint density at radius 1 is 1.38 bits per heavy atom. The first-order valence-corrected chi connectivity index (χ1v) is 6.73. The van der Waals surface area contributed by atoms with Crippen LogP contribution < -0.4 is 10.1 Å². The van der Waals surface area contributed by atoms with Crippen LogP contribution in [-0.4, -0.2) is 29.6 Å². The summed E-state index contributed by atoms with van der Waals surface area (Å²) in [6.07, 6.45) is 4.95. The first-order chi connectivity index (χ1) is 9.93. The first-order valence-electron chi connectivity index (χ1n) is 5.97. The highest BCUT2D eigenvalue weighted by molar-refractivity contribution is 6.42. The molecule has 0 aliphatic rings. The molecule has 0 saturated carbocycles. The van der Waals surface area contributed by atoms with Crippen LogP contribution in [-0.2, 0) is 9.59 Å². The summed E-state index contributed by atoms with van der Waals surface area (Å²) in [4.78, 5) is 22.4. The Kier molecular flexibility index (Phi) is 6.86. The molecular weight excluding hydrogens is 317 g/mol. The number of hydrogen-bond acceptors (Lipinski definition) is 3. The third-order valence-electron chi connectivity index (χ3n) is 2.44. The Hall–Kier alpha value is -1.90. The molecule has 0 fully saturated rings. The number of aliphatic carboxylic acids is 1. The number of carboxylic acids is 1. The van der Waals surface area contributed by atoms with Crippen LogP contribution in [0.2, 0.25) is 10.0 Å². The highest BCUT2D eigenvalue weighted by atomic mass is 35.5. The lowest BCUT2D eigenvalue weighted by atomic mass is 10.2. The smallest absolute Gasteiger partial charge is 0.327 e. The Balaban J connectivity index is 2.41. The Morgan fingerprint density at radius 3 is 2.67 bits per heavy atom. The Morgan fingerprint density at radius 2 is 2.10 bits per heavy atom. The van der Waals surface area contributed by atoms with E-state index in [0.717, 1.165) is 0 Å². The number of amides is 1. The lowest BCUT2D eigenvalue weighted by molar-refractivity contribution is -0.141. The van der Waals surface area contributed by atoms with E-state index >= 15 is 0 Å². The minimum atomic E-state index is -1.17. The van der Waals surface area contributed by atoms with E-state index in [0.29, 0.717) is 15.8 Å². The lowest BCUT2D eigenvalue weighted by Crippen LogP contribution is -2.40. The van der Waals surface area contributed by atoms with Crippen molar-refractivity contribution in [3.63, 3.8) is 0 Å². The van der Waals surface area contributed by atoms with Crippen molar-refractivity contribution in [1.82, 2.24) is 5.32 Å². The molecule has 7 heteroatoms. The molecule has 0 radical (unpaired) electrons. The van der Waals surface area contributed by atoms with E-state index in [9.17, 15) is 9.59 Å². The average Bonchev–Trinajstić information content (AvgIpc) is 2.42. The van der Waals surface area contributed by atoms with E-state index < -0.39 is 17.9 Å². The van der Waals surface area contributed by atoms with Crippen LogP contribution in [0.25, 0.3) is 0 Å². The summed E-state index contributed by atoms with van der Waals surface area (Å²) in [5.74, 6) is 1.03. The predicted molar refractivity (Wildman–Crippen MR) is 79.6 cm³/mol. The number of nitrogens with one attached hydrogen (secondary N) is 1. The van der Waals surface area contributed by atoms with Gasteiger partial charge in [0.05, 0.1) is 23.1 Å². The summed E-state index contributed by atoms with van der Waals surface area (Å²) >= 11 is 11.6. The van der Waals surface area contributed by atoms with E-state index in [1.54, 1.807) is 12.1 Å². The fourth-order valence-corrected chi connectivity index (χ4v) is 1.70. The van der Waals surface area contributed by atoms with Crippen molar-refractivity contribution in [2.45, 2.75) is 18.9 Å². The molecule has 5 nitrogen and oxygen atoms in total. The van der Waals surface area contributed by atoms with Gasteiger partial charge in [0.25, 0.3) is 0 Å². The van der Waals surface area contributed by atoms with Crippen LogP contribution in [0.5, 0.6) is 5.75 Å². The second kappa shape index (κ2) is 8.40. The van der Waals surface area contributed by atoms with Crippen LogP contribution in [0.3, 0.4) is 0 Å². The van der Waals surface area contributed by atoms with Crippen LogP contribution in [0, 0.1) is 12.3 Å². The van der Waals surface area contributed by atoms with E-state index in [1.165, 1.54) is 6.07 Å². The van der Waals surface area contributed by atoms with Crippen molar-refractivity contribution in [2.24, 2.45) is 0 Å². The molecule has 21 heavy (non-hydrogen) atoms. The van der Waals surface area contributed by atoms with Crippen molar-refractivity contribution in [3.8, 4) is 18.1 Å². The maximum Gasteiger partial charge on any atom is 0.327 e. The van der Waals surface area contributed by atoms with Gasteiger partial charge in [-0.15, -0.1) is 12.3 Å². The summed E-state index contributed by atoms with van der Waals surface area (Å²) in [7, 11) is 0. The maximum atomic E-state index is 11.6. The zero-order valence-corrected chi connectivity index (χ0v) is 12.4. The SMILES string of the molecule is C#CCC(NC(=O)CCOc1ccc(Cl)c(Cl)c1)C(=O)O. The number of terminal acetylenes is 1. The molecular formula is C14H13Cl2NO4. The molecule has 1 unspecified atom stereocenters. The summed E-state index contributed by atoms with van der Waals surface area (Å²) in [5, 5.41) is 11.9. The number of rotatable bonds is 7. The highest BCUT2D eigenvalue weighted by Crippen LogP contribution is 2.26. The number of halogens is 2. The van der Waals surface area contributed by atoms with Crippen molar-refractivity contribution >= 4 is 35.1 Å². The van der Waals surface area contributed by atoms with Gasteiger partial charge in [0.2, 0.25) is 5.91 Å². The average molecular weight is 330 g/mol. The minimum absolute atomic E-state index is 0.00536. The monoisotopic (exact) mass is 329 g/mol. The van der Waals surface area contributed by atoms with Gasteiger partial charge in [-0.2, -0.15) is 0 Å². The van der Waals surface area contributed by atoms with Crippen LogP contribution in [0.1, 0.15) is 12.8 Å². The predicted octanol–water partition coefficient (Wildman–Crippen LogP) is 2.35. The van der Waals surface area contributed by atoms with Gasteiger partial charge in [0, 0.05) is 12.5 Å². The third kappa shape index (κ3) is 5.94. The highest BCUT2D eigenvalue weighted by Gasteiger charge is 2.18. The van der Waals surface area contributed by atoms with E-state index in [1.807, 2.05) is 0 Å². The number of hydrogen-bond donors (Lipinski definition) is 2. The van der Waals surface area contributed by atoms with Gasteiger partial charge in [-0.3, -0.25) is 4.79 Å². The molecule has 1 rings (SSSR count). The molecule has 0 spiro atoms. The molecule has 0 heterocycles. The number of carbonyl (C=O) groups excluding carboxylic acids is 1. The molecule has 112 valence electrons. The van der Waals surface area contributed by atoms with Gasteiger partial charge in [-0.1, -0.05) is 23.2 Å². The zero-order valence-electron chi connectivity index (χ0n) is 10.9. The number of carboxylic acid groups (broad SMARTS) is 1. The van der Waals surface area contributed by atoms with Crippen LogP contribution >= 0.6 is 23.2 Å². The third-order valence-corrected chi connectivity index (χ3v) is 3.18. The number of ether oxygens (including phenoxy) is 1. The molecule has 1 aromatic rings. The normalized spacial score (nSPS) is 11.3. The van der Waals surface area contributed by atoms with E-state index in [2.05, 4.69) is 11.2 Å². The molecule has 0 bridgehead atoms. The quantitative estimate of drug-likeness (QED) is 0.753. The topological polar surface area (TPSA) is 75.6 Å². The van der Waals surface area contributed by atoms with Crippen molar-refractivity contribution < 1.29 is 19.4 Å². The molecule has 1 amide bonds. The molecule has 1 aromatic carbocycles. The molecule has 0 aliphatic carbocycles. The van der Waals surface area contributed by atoms with E-state index in [-0.39, 0.29) is 19.4 Å². The fraction of sp³-hybridized carbons (Fsp3) is 0.286. The van der Waals surface area contributed by atoms with Crippen molar-refractivity contribution in [2.75, 3.05) is 6.61 Å². The van der Waals surface area contributed by atoms with Gasteiger partial charge in [0.15, 0.2) is 0 Å². The lowest BCUT2D eigenvalue weighted by Gasteiger charge is -2.12. The summed E-state index contributed by atoms with van der Waals surface area (Å²) in [5.41, 5.74) is 0. The minimum Gasteiger partial charge on any atom is -0.493 e. The second-order valence-corrected chi connectivity index (χ2v) is 4.86. The van der Waals surface area contributed by atoms with Crippen LogP contribution in [0.4, 0.5) is 0 Å². The van der Waals surface area contributed by atoms with Crippen LogP contribution in [0.15, 0.2) is 18.2 Å². The Labute approximate surface area is 132 Å². The molecule has 0 aliphatic heterocycles. The van der Waals surface area contributed by atoms with Gasteiger partial charge in [-0.25, -0.2) is 4.79 Å². The van der Waals surface area contributed by atoms with Crippen molar-refractivity contribution in [1.29, 1.82) is 0 Å². The summed E-state index contributed by atoms with van der Waals surface area (Å²) in [6.45, 7) is 0.0756. The number of benzene rings is 1. The standard InChI is InChI=1S/C14H13Cl2NO4/c1-2-3-12(14(19)20)17-13(18)6-7-21-9-4-5-10(15)11(16)8-9/h1,4-5,8,12H,3,6-7H2,(H,17,18)(H,19,20). The molecule has 1 atom stereocenters. The molecule has 0 aromatic heterocycles. The van der Waals surface area contributed by atoms with Gasteiger partial charge < -0.3 is 15.2 Å². The second-order valence-electron chi connectivity index (χ2n) is 4.04. The van der Waals surface area contributed by atoms with Gasteiger partial charge >= 0.3 is 5.97 Å². The first kappa shape index (κ1) is 17.2. The zero-order chi connectivity index (χ0) is 15.8. The largest absolute Gasteiger partial charge is 0.493 e. The molecule has 0 saturated heterocycles. The van der Waals surface area contributed by atoms with Gasteiger partial charge in [-0.05, 0) is 12.1 Å². The molecule has 2 N–H and O–H groups in total. The Bertz CT molecular complexity index is 569. The summed E-state index contributed by atoms with van der Waals surface area (Å²) in [6, 6.07) is 3.63. The van der Waals surface area contributed by atoms with Crippen molar-refractivity contribution in [3.05, 3.63) is 28.2 Å². The summed E-state index contributed by atoms with van der Waals surface area (Å²) < 4.78 is 5.32. The van der Waals surface area contributed by atoms with E-state index in [4.69, 9.17) is 39.5 Å². The fourth-order valence-electron chi connectivity index (χ4n) is 1.41. The van der Waals surface area contributed by atoms with Gasteiger partial charge in [0.1, 0.15) is 11.8 Å². The number of carbonyl (C=O) groups is 2.